The van der Waals surface area contributed by atoms with Crippen LogP contribution in [0.5, 0.6) is 0 Å². The van der Waals surface area contributed by atoms with Crippen molar-refractivity contribution < 1.29 is 4.79 Å². The summed E-state index contributed by atoms with van der Waals surface area (Å²) in [6.07, 6.45) is 2.83. The lowest BCUT2D eigenvalue weighted by Crippen LogP contribution is -2.40. The van der Waals surface area contributed by atoms with Crippen LogP contribution in [-0.2, 0) is 17.8 Å². The molecule has 0 aliphatic carbocycles. The van der Waals surface area contributed by atoms with Crippen molar-refractivity contribution in [3.63, 3.8) is 0 Å². The molecule has 2 aromatic rings. The average Bonchev–Trinajstić information content (AvgIpc) is 3.08. The molecule has 1 aromatic heterocycles. The summed E-state index contributed by atoms with van der Waals surface area (Å²) in [5, 5.41) is 5.23. The fourth-order valence-corrected chi connectivity index (χ4v) is 3.97. The van der Waals surface area contributed by atoms with E-state index in [9.17, 15) is 4.79 Å². The first-order chi connectivity index (χ1) is 11.7. The zero-order valence-electron chi connectivity index (χ0n) is 13.9. The highest BCUT2D eigenvalue weighted by molar-refractivity contribution is 7.09. The van der Waals surface area contributed by atoms with Gasteiger partial charge in [-0.15, -0.1) is 11.3 Å². The number of nitrogens with two attached hydrogens (primary N) is 1. The third-order valence-electron chi connectivity index (χ3n) is 4.49. The number of benzene rings is 1. The molecule has 0 bridgehead atoms. The van der Waals surface area contributed by atoms with Crippen molar-refractivity contribution in [1.29, 1.82) is 0 Å². The van der Waals surface area contributed by atoms with Gasteiger partial charge in [0.2, 0.25) is 5.91 Å². The maximum atomic E-state index is 12.1. The number of carbonyl (C=O) groups excluding carboxylic acids is 1. The number of thiophene rings is 1. The molecule has 1 aliphatic rings. The summed E-state index contributed by atoms with van der Waals surface area (Å²) in [5.74, 6) is 0.643. The molecular formula is C19H25N3OS. The number of nitrogen functional groups attached to an aromatic ring is 1. The molecule has 2 heterocycles. The largest absolute Gasteiger partial charge is 0.399 e. The number of nitrogens with one attached hydrogen (secondary N) is 1. The van der Waals surface area contributed by atoms with Crippen LogP contribution < -0.4 is 11.1 Å². The van der Waals surface area contributed by atoms with Crippen molar-refractivity contribution in [2.75, 3.05) is 25.4 Å². The first-order valence-electron chi connectivity index (χ1n) is 8.55. The number of likely N-dealkylation sites (tertiary alicyclic amines) is 1. The third-order valence-corrected chi connectivity index (χ3v) is 5.36. The van der Waals surface area contributed by atoms with Crippen molar-refractivity contribution in [1.82, 2.24) is 10.2 Å². The van der Waals surface area contributed by atoms with Crippen LogP contribution in [0.25, 0.3) is 0 Å². The third kappa shape index (κ3) is 5.08. The summed E-state index contributed by atoms with van der Waals surface area (Å²) in [6, 6.07) is 11.8. The van der Waals surface area contributed by atoms with E-state index in [1.807, 2.05) is 35.6 Å². The Morgan fingerprint density at radius 2 is 2.12 bits per heavy atom. The van der Waals surface area contributed by atoms with E-state index in [-0.39, 0.29) is 5.91 Å². The van der Waals surface area contributed by atoms with E-state index >= 15 is 0 Å². The van der Waals surface area contributed by atoms with Gasteiger partial charge in [0.15, 0.2) is 0 Å². The van der Waals surface area contributed by atoms with Gasteiger partial charge in [0.1, 0.15) is 0 Å². The molecule has 1 aliphatic heterocycles. The van der Waals surface area contributed by atoms with Gasteiger partial charge in [-0.25, -0.2) is 0 Å². The Hall–Kier alpha value is -1.85. The Morgan fingerprint density at radius 1 is 1.29 bits per heavy atom. The van der Waals surface area contributed by atoms with E-state index in [2.05, 4.69) is 27.7 Å². The molecule has 1 atom stereocenters. The number of anilines is 1. The first kappa shape index (κ1) is 17.0. The summed E-state index contributed by atoms with van der Waals surface area (Å²) in [5.41, 5.74) is 7.40. The summed E-state index contributed by atoms with van der Waals surface area (Å²) in [7, 11) is 0. The van der Waals surface area contributed by atoms with Gasteiger partial charge in [-0.3, -0.25) is 9.69 Å². The molecule has 5 heteroatoms. The number of nitrogens with zero attached hydrogens (tertiary/aromatic N) is 1. The maximum absolute atomic E-state index is 12.1. The van der Waals surface area contributed by atoms with Gasteiger partial charge < -0.3 is 11.1 Å². The molecule has 1 amide bonds. The fraction of sp³-hybridized carbons (Fsp3) is 0.421. The van der Waals surface area contributed by atoms with Crippen molar-refractivity contribution in [2.24, 2.45) is 5.92 Å². The topological polar surface area (TPSA) is 58.4 Å². The summed E-state index contributed by atoms with van der Waals surface area (Å²) in [6.45, 7) is 4.04. The Morgan fingerprint density at radius 3 is 2.88 bits per heavy atom. The van der Waals surface area contributed by atoms with Crippen molar-refractivity contribution >= 4 is 22.9 Å². The van der Waals surface area contributed by atoms with Crippen molar-refractivity contribution in [2.45, 2.75) is 25.8 Å². The SMILES string of the molecule is Nc1ccc(CC(=O)NCC2CCCN(Cc3cccs3)C2)cc1. The molecule has 1 fully saturated rings. The number of hydrogen-bond donors (Lipinski definition) is 2. The molecule has 4 nitrogen and oxygen atoms in total. The van der Waals surface area contributed by atoms with Crippen LogP contribution in [0.3, 0.4) is 0 Å². The smallest absolute Gasteiger partial charge is 0.224 e. The lowest BCUT2D eigenvalue weighted by molar-refractivity contribution is -0.120. The second-order valence-electron chi connectivity index (χ2n) is 6.55. The minimum absolute atomic E-state index is 0.0927. The number of piperidine rings is 1. The van der Waals surface area contributed by atoms with Gasteiger partial charge in [0, 0.05) is 30.2 Å². The van der Waals surface area contributed by atoms with E-state index in [1.165, 1.54) is 17.7 Å². The Kier molecular flexibility index (Phi) is 5.88. The predicted octanol–water partition coefficient (Wildman–Crippen LogP) is 2.90. The molecule has 3 rings (SSSR count). The van der Waals surface area contributed by atoms with Crippen LogP contribution in [0, 0.1) is 5.92 Å². The Bertz CT molecular complexity index is 639. The van der Waals surface area contributed by atoms with Gasteiger partial charge in [0.05, 0.1) is 6.42 Å². The highest BCUT2D eigenvalue weighted by Gasteiger charge is 2.20. The molecule has 1 aromatic carbocycles. The number of carbonyl (C=O) groups is 1. The Balaban J connectivity index is 1.42. The van der Waals surface area contributed by atoms with Crippen LogP contribution in [-0.4, -0.2) is 30.4 Å². The van der Waals surface area contributed by atoms with Gasteiger partial charge in [-0.1, -0.05) is 18.2 Å². The minimum atomic E-state index is 0.0927. The molecule has 1 saturated heterocycles. The molecule has 24 heavy (non-hydrogen) atoms. The summed E-state index contributed by atoms with van der Waals surface area (Å²) < 4.78 is 0. The second kappa shape index (κ2) is 8.31. The van der Waals surface area contributed by atoms with Crippen molar-refractivity contribution in [3.05, 3.63) is 52.2 Å². The van der Waals surface area contributed by atoms with Gasteiger partial charge in [-0.2, -0.15) is 0 Å². The van der Waals surface area contributed by atoms with Gasteiger partial charge >= 0.3 is 0 Å². The quantitative estimate of drug-likeness (QED) is 0.793. The van der Waals surface area contributed by atoms with Crippen LogP contribution in [0.4, 0.5) is 5.69 Å². The standard InChI is InChI=1S/C19H25N3OS/c20-17-7-5-15(6-8-17)11-19(23)21-12-16-3-1-9-22(13-16)14-18-4-2-10-24-18/h2,4-8,10,16H,1,3,9,11-14,20H2,(H,21,23). The van der Waals surface area contributed by atoms with E-state index in [0.29, 0.717) is 12.3 Å². The lowest BCUT2D eigenvalue weighted by atomic mass is 9.98. The normalized spacial score (nSPS) is 18.4. The van der Waals surface area contributed by atoms with Crippen molar-refractivity contribution in [3.8, 4) is 0 Å². The summed E-state index contributed by atoms with van der Waals surface area (Å²) in [4.78, 5) is 16.0. The van der Waals surface area contributed by atoms with Gasteiger partial charge in [0.25, 0.3) is 0 Å². The lowest BCUT2D eigenvalue weighted by Gasteiger charge is -2.32. The fourth-order valence-electron chi connectivity index (χ4n) is 3.23. The molecule has 128 valence electrons. The average molecular weight is 343 g/mol. The molecular weight excluding hydrogens is 318 g/mol. The first-order valence-corrected chi connectivity index (χ1v) is 9.43. The molecule has 0 saturated carbocycles. The zero-order chi connectivity index (χ0) is 16.8. The monoisotopic (exact) mass is 343 g/mol. The Labute approximate surface area is 147 Å². The van der Waals surface area contributed by atoms with E-state index in [0.717, 1.165) is 37.4 Å². The molecule has 0 radical (unpaired) electrons. The van der Waals surface area contributed by atoms with Crippen LogP contribution in [0.1, 0.15) is 23.3 Å². The van der Waals surface area contributed by atoms with Crippen LogP contribution in [0.15, 0.2) is 41.8 Å². The highest BCUT2D eigenvalue weighted by atomic mass is 32.1. The zero-order valence-corrected chi connectivity index (χ0v) is 14.7. The number of hydrogen-bond acceptors (Lipinski definition) is 4. The predicted molar refractivity (Wildman–Crippen MR) is 99.9 cm³/mol. The molecule has 1 unspecified atom stereocenters. The highest BCUT2D eigenvalue weighted by Crippen LogP contribution is 2.20. The number of rotatable bonds is 6. The molecule has 3 N–H and O–H groups in total. The van der Waals surface area contributed by atoms with E-state index < -0.39 is 0 Å². The minimum Gasteiger partial charge on any atom is -0.399 e. The maximum Gasteiger partial charge on any atom is 0.224 e. The second-order valence-corrected chi connectivity index (χ2v) is 7.58. The van der Waals surface area contributed by atoms with Crippen LogP contribution >= 0.6 is 11.3 Å². The molecule has 0 spiro atoms. The van der Waals surface area contributed by atoms with E-state index in [4.69, 9.17) is 5.73 Å². The van der Waals surface area contributed by atoms with Gasteiger partial charge in [-0.05, 0) is 54.4 Å². The van der Waals surface area contributed by atoms with E-state index in [1.54, 1.807) is 0 Å². The summed E-state index contributed by atoms with van der Waals surface area (Å²) >= 11 is 1.82. The number of amides is 1. The van der Waals surface area contributed by atoms with Crippen LogP contribution in [0.2, 0.25) is 0 Å².